The van der Waals surface area contributed by atoms with Gasteiger partial charge in [-0.05, 0) is 33.3 Å². The Hall–Kier alpha value is -1.65. The third-order valence-electron chi connectivity index (χ3n) is 3.13. The van der Waals surface area contributed by atoms with E-state index in [0.717, 1.165) is 6.42 Å². The van der Waals surface area contributed by atoms with Crippen molar-refractivity contribution >= 4 is 11.9 Å². The Morgan fingerprint density at radius 3 is 2.53 bits per heavy atom. The van der Waals surface area contributed by atoms with Crippen LogP contribution in [0.4, 0.5) is 5.95 Å². The van der Waals surface area contributed by atoms with E-state index in [1.807, 2.05) is 11.9 Å². The van der Waals surface area contributed by atoms with E-state index in [0.29, 0.717) is 11.6 Å². The molecule has 1 heterocycles. The minimum Gasteiger partial charge on any atom is -0.477 e. The van der Waals surface area contributed by atoms with Gasteiger partial charge in [0.15, 0.2) is 5.69 Å². The second-order valence-corrected chi connectivity index (χ2v) is 4.72. The van der Waals surface area contributed by atoms with Crippen molar-refractivity contribution in [3.8, 4) is 0 Å². The zero-order chi connectivity index (χ0) is 13.2. The summed E-state index contributed by atoms with van der Waals surface area (Å²) in [7, 11) is 1.88. The first kappa shape index (κ1) is 13.4. The first-order valence-corrected chi connectivity index (χ1v) is 5.60. The van der Waals surface area contributed by atoms with Gasteiger partial charge in [-0.3, -0.25) is 0 Å². The summed E-state index contributed by atoms with van der Waals surface area (Å²) in [6.45, 7) is 7.98. The van der Waals surface area contributed by atoms with E-state index in [2.05, 4.69) is 30.7 Å². The van der Waals surface area contributed by atoms with Crippen molar-refractivity contribution in [2.45, 2.75) is 39.7 Å². The lowest BCUT2D eigenvalue weighted by Crippen LogP contribution is -2.41. The van der Waals surface area contributed by atoms with Gasteiger partial charge in [0.05, 0.1) is 0 Å². The molecule has 94 valence electrons. The highest BCUT2D eigenvalue weighted by atomic mass is 16.4. The number of rotatable bonds is 4. The molecule has 0 aromatic carbocycles. The van der Waals surface area contributed by atoms with E-state index in [1.54, 1.807) is 6.92 Å². The van der Waals surface area contributed by atoms with Gasteiger partial charge in [-0.25, -0.2) is 14.8 Å². The largest absolute Gasteiger partial charge is 0.477 e. The molecule has 0 saturated carbocycles. The fourth-order valence-corrected chi connectivity index (χ4v) is 1.32. The molecule has 0 saturated heterocycles. The predicted molar refractivity (Wildman–Crippen MR) is 66.5 cm³/mol. The summed E-state index contributed by atoms with van der Waals surface area (Å²) in [5.41, 5.74) is 0.584. The normalized spacial score (nSPS) is 11.4. The summed E-state index contributed by atoms with van der Waals surface area (Å²) < 4.78 is 0. The van der Waals surface area contributed by atoms with Crippen molar-refractivity contribution in [1.29, 1.82) is 0 Å². The molecule has 5 heteroatoms. The number of hydrogen-bond acceptors (Lipinski definition) is 4. The molecule has 0 aliphatic carbocycles. The summed E-state index contributed by atoms with van der Waals surface area (Å²) in [6.07, 6.45) is 0.920. The Morgan fingerprint density at radius 2 is 2.06 bits per heavy atom. The third-order valence-corrected chi connectivity index (χ3v) is 3.13. The molecule has 1 N–H and O–H groups in total. The van der Waals surface area contributed by atoms with Crippen LogP contribution in [0.1, 0.15) is 43.4 Å². The Kier molecular flexibility index (Phi) is 3.70. The van der Waals surface area contributed by atoms with E-state index in [1.165, 1.54) is 6.07 Å². The summed E-state index contributed by atoms with van der Waals surface area (Å²) in [5, 5.41) is 8.97. The summed E-state index contributed by atoms with van der Waals surface area (Å²) >= 11 is 0. The van der Waals surface area contributed by atoms with Gasteiger partial charge >= 0.3 is 5.97 Å². The van der Waals surface area contributed by atoms with Crippen LogP contribution in [0.5, 0.6) is 0 Å². The number of nitrogens with zero attached hydrogens (tertiary/aromatic N) is 3. The molecule has 0 fully saturated rings. The standard InChI is InChI=1S/C12H19N3O2/c1-6-12(3,4)15(5)11-13-8(2)7-9(14-11)10(16)17/h7H,6H2,1-5H3,(H,16,17). The highest BCUT2D eigenvalue weighted by Gasteiger charge is 2.24. The van der Waals surface area contributed by atoms with Crippen LogP contribution >= 0.6 is 0 Å². The maximum absolute atomic E-state index is 10.9. The lowest BCUT2D eigenvalue weighted by atomic mass is 10.0. The van der Waals surface area contributed by atoms with E-state index >= 15 is 0 Å². The van der Waals surface area contributed by atoms with Gasteiger partial charge < -0.3 is 10.0 Å². The molecule has 0 spiro atoms. The molecule has 0 amide bonds. The molecule has 0 radical (unpaired) electrons. The maximum atomic E-state index is 10.9. The van der Waals surface area contributed by atoms with Crippen molar-refractivity contribution in [2.24, 2.45) is 0 Å². The first-order valence-electron chi connectivity index (χ1n) is 5.60. The minimum absolute atomic E-state index is 0.0336. The Balaban J connectivity index is 3.18. The summed E-state index contributed by atoms with van der Waals surface area (Å²) in [6, 6.07) is 1.47. The number of aryl methyl sites for hydroxylation is 1. The van der Waals surface area contributed by atoms with Crippen molar-refractivity contribution in [2.75, 3.05) is 11.9 Å². The molecule has 0 aliphatic rings. The number of carboxylic acids is 1. The quantitative estimate of drug-likeness (QED) is 0.868. The maximum Gasteiger partial charge on any atom is 0.354 e. The van der Waals surface area contributed by atoms with Gasteiger partial charge in [0.25, 0.3) is 0 Å². The van der Waals surface area contributed by atoms with Crippen LogP contribution in [0, 0.1) is 6.92 Å². The molecular formula is C12H19N3O2. The van der Waals surface area contributed by atoms with Crippen molar-refractivity contribution in [3.63, 3.8) is 0 Å². The van der Waals surface area contributed by atoms with Crippen LogP contribution in [0.3, 0.4) is 0 Å². The molecule has 1 aromatic rings. The van der Waals surface area contributed by atoms with Crippen molar-refractivity contribution in [3.05, 3.63) is 17.5 Å². The lowest BCUT2D eigenvalue weighted by Gasteiger charge is -2.35. The number of aromatic nitrogens is 2. The molecular weight excluding hydrogens is 218 g/mol. The molecule has 5 nitrogen and oxygen atoms in total. The Bertz CT molecular complexity index is 430. The van der Waals surface area contributed by atoms with Crippen molar-refractivity contribution in [1.82, 2.24) is 9.97 Å². The highest BCUT2D eigenvalue weighted by molar-refractivity contribution is 5.85. The van der Waals surface area contributed by atoms with E-state index in [9.17, 15) is 4.79 Å². The van der Waals surface area contributed by atoms with Gasteiger partial charge in [-0.15, -0.1) is 0 Å². The molecule has 1 aromatic heterocycles. The van der Waals surface area contributed by atoms with Gasteiger partial charge in [0.1, 0.15) is 0 Å². The number of anilines is 1. The lowest BCUT2D eigenvalue weighted by molar-refractivity contribution is 0.0690. The number of carbonyl (C=O) groups is 1. The van der Waals surface area contributed by atoms with Gasteiger partial charge in [0, 0.05) is 18.3 Å². The topological polar surface area (TPSA) is 66.3 Å². The van der Waals surface area contributed by atoms with Crippen LogP contribution in [0.2, 0.25) is 0 Å². The van der Waals surface area contributed by atoms with Crippen LogP contribution in [0.15, 0.2) is 6.07 Å². The Labute approximate surface area is 102 Å². The van der Waals surface area contributed by atoms with E-state index < -0.39 is 5.97 Å². The number of carboxylic acid groups (broad SMARTS) is 1. The smallest absolute Gasteiger partial charge is 0.354 e. The average Bonchev–Trinajstić information content (AvgIpc) is 2.27. The number of aromatic carboxylic acids is 1. The Morgan fingerprint density at radius 1 is 1.47 bits per heavy atom. The fourth-order valence-electron chi connectivity index (χ4n) is 1.32. The van der Waals surface area contributed by atoms with Crippen LogP contribution in [0.25, 0.3) is 0 Å². The van der Waals surface area contributed by atoms with Crippen molar-refractivity contribution < 1.29 is 9.90 Å². The SMILES string of the molecule is CCC(C)(C)N(C)c1nc(C)cc(C(=O)O)n1. The summed E-state index contributed by atoms with van der Waals surface area (Å²) in [4.78, 5) is 21.2. The molecule has 17 heavy (non-hydrogen) atoms. The molecule has 0 atom stereocenters. The van der Waals surface area contributed by atoms with Crippen LogP contribution in [-0.2, 0) is 0 Å². The van der Waals surface area contributed by atoms with Gasteiger partial charge in [0.2, 0.25) is 5.95 Å². The third kappa shape index (κ3) is 2.93. The second kappa shape index (κ2) is 4.69. The molecule has 1 rings (SSSR count). The molecule has 0 unspecified atom stereocenters. The number of hydrogen-bond donors (Lipinski definition) is 1. The average molecular weight is 237 g/mol. The van der Waals surface area contributed by atoms with Gasteiger partial charge in [-0.2, -0.15) is 0 Å². The fraction of sp³-hybridized carbons (Fsp3) is 0.583. The van der Waals surface area contributed by atoms with Crippen LogP contribution in [-0.4, -0.2) is 33.6 Å². The van der Waals surface area contributed by atoms with E-state index in [-0.39, 0.29) is 11.2 Å². The predicted octanol–water partition coefficient (Wildman–Crippen LogP) is 2.11. The molecule has 0 aliphatic heterocycles. The second-order valence-electron chi connectivity index (χ2n) is 4.72. The van der Waals surface area contributed by atoms with Gasteiger partial charge in [-0.1, -0.05) is 6.92 Å². The molecule has 0 bridgehead atoms. The minimum atomic E-state index is -1.03. The summed E-state index contributed by atoms with van der Waals surface area (Å²) in [5.74, 6) is -0.575. The highest BCUT2D eigenvalue weighted by Crippen LogP contribution is 2.21. The van der Waals surface area contributed by atoms with E-state index in [4.69, 9.17) is 5.11 Å². The monoisotopic (exact) mass is 237 g/mol. The zero-order valence-electron chi connectivity index (χ0n) is 11.0. The first-order chi connectivity index (χ1) is 7.77. The zero-order valence-corrected chi connectivity index (χ0v) is 11.0. The van der Waals surface area contributed by atoms with Crippen LogP contribution < -0.4 is 4.90 Å².